The first-order valence-corrected chi connectivity index (χ1v) is 7.46. The predicted molar refractivity (Wildman–Crippen MR) is 81.6 cm³/mol. The van der Waals surface area contributed by atoms with Crippen molar-refractivity contribution in [1.29, 1.82) is 0 Å². The third-order valence-corrected chi connectivity index (χ3v) is 4.15. The molecule has 0 atom stereocenters. The molecule has 2 rings (SSSR count). The van der Waals surface area contributed by atoms with E-state index in [-0.39, 0.29) is 17.1 Å². The third-order valence-electron chi connectivity index (χ3n) is 4.15. The zero-order valence-electron chi connectivity index (χ0n) is 13.0. The molecule has 0 amide bonds. The maximum absolute atomic E-state index is 13.8. The van der Waals surface area contributed by atoms with Gasteiger partial charge in [-0.1, -0.05) is 6.92 Å². The van der Waals surface area contributed by atoms with Crippen LogP contribution in [0, 0.1) is 17.0 Å². The van der Waals surface area contributed by atoms with Crippen LogP contribution >= 0.6 is 0 Å². The number of rotatable bonds is 5. The van der Waals surface area contributed by atoms with Crippen LogP contribution in [0.15, 0.2) is 6.07 Å². The molecule has 1 aromatic heterocycles. The highest BCUT2D eigenvalue weighted by molar-refractivity contribution is 5.47. The molecule has 0 spiro atoms. The minimum absolute atomic E-state index is 0.0925. The van der Waals surface area contributed by atoms with E-state index in [2.05, 4.69) is 34.5 Å². The Morgan fingerprint density at radius 3 is 2.33 bits per heavy atom. The van der Waals surface area contributed by atoms with Crippen molar-refractivity contribution < 1.29 is 8.78 Å². The molecular formula is C15H24F2N4. The molecule has 0 aliphatic carbocycles. The largest absolute Gasteiger partial charge is 0.368 e. The topological polar surface area (TPSA) is 40.2 Å². The van der Waals surface area contributed by atoms with Crippen LogP contribution in [0.1, 0.15) is 26.7 Å². The number of halogens is 2. The quantitative estimate of drug-likeness (QED) is 0.877. The SMILES string of the molecule is CCNc1nc(NCC2(C)CCN(C)CC2)c(F)cc1F. The van der Waals surface area contributed by atoms with Gasteiger partial charge in [0.25, 0.3) is 0 Å². The highest BCUT2D eigenvalue weighted by Gasteiger charge is 2.29. The van der Waals surface area contributed by atoms with Crippen molar-refractivity contribution >= 4 is 11.6 Å². The first-order valence-electron chi connectivity index (χ1n) is 7.46. The minimum Gasteiger partial charge on any atom is -0.368 e. The van der Waals surface area contributed by atoms with Gasteiger partial charge in [0.15, 0.2) is 23.3 Å². The molecule has 2 N–H and O–H groups in total. The average molecular weight is 298 g/mol. The number of nitrogens with one attached hydrogen (secondary N) is 2. The van der Waals surface area contributed by atoms with Crippen molar-refractivity contribution in [2.45, 2.75) is 26.7 Å². The van der Waals surface area contributed by atoms with E-state index in [4.69, 9.17) is 0 Å². The molecular weight excluding hydrogens is 274 g/mol. The smallest absolute Gasteiger partial charge is 0.168 e. The fourth-order valence-corrected chi connectivity index (χ4v) is 2.51. The second-order valence-electron chi connectivity index (χ2n) is 6.15. The second-order valence-corrected chi connectivity index (χ2v) is 6.15. The number of hydrogen-bond donors (Lipinski definition) is 2. The maximum atomic E-state index is 13.8. The zero-order chi connectivity index (χ0) is 15.5. The van der Waals surface area contributed by atoms with E-state index in [0.717, 1.165) is 32.0 Å². The zero-order valence-corrected chi connectivity index (χ0v) is 13.0. The predicted octanol–water partition coefficient (Wildman–Crippen LogP) is 2.94. The highest BCUT2D eigenvalue weighted by atomic mass is 19.1. The van der Waals surface area contributed by atoms with Gasteiger partial charge in [-0.2, -0.15) is 0 Å². The molecule has 0 aromatic carbocycles. The molecule has 1 aromatic rings. The van der Waals surface area contributed by atoms with E-state index in [0.29, 0.717) is 13.1 Å². The Balaban J connectivity index is 2.04. The standard InChI is InChI=1S/C15H24F2N4/c1-4-18-13-11(16)9-12(17)14(20-13)19-10-15(2)5-7-21(3)8-6-15/h9H,4-8,10H2,1-3H3,(H2,18,19,20). The molecule has 118 valence electrons. The van der Waals surface area contributed by atoms with Gasteiger partial charge in [-0.3, -0.25) is 0 Å². The van der Waals surface area contributed by atoms with Crippen LogP contribution in [-0.4, -0.2) is 43.1 Å². The Labute approximate surface area is 124 Å². The number of nitrogens with zero attached hydrogens (tertiary/aromatic N) is 2. The van der Waals surface area contributed by atoms with E-state index in [1.165, 1.54) is 0 Å². The summed E-state index contributed by atoms with van der Waals surface area (Å²) in [6, 6.07) is 0.879. The van der Waals surface area contributed by atoms with Crippen LogP contribution in [0.5, 0.6) is 0 Å². The molecule has 1 saturated heterocycles. The summed E-state index contributed by atoms with van der Waals surface area (Å²) >= 11 is 0. The highest BCUT2D eigenvalue weighted by Crippen LogP contribution is 2.31. The average Bonchev–Trinajstić information content (AvgIpc) is 2.44. The molecule has 0 bridgehead atoms. The summed E-state index contributed by atoms with van der Waals surface area (Å²) in [6.07, 6.45) is 2.11. The van der Waals surface area contributed by atoms with Gasteiger partial charge in [0.2, 0.25) is 0 Å². The van der Waals surface area contributed by atoms with Crippen molar-refractivity contribution in [3.63, 3.8) is 0 Å². The Kier molecular flexibility index (Phi) is 4.98. The molecule has 2 heterocycles. The number of likely N-dealkylation sites (tertiary alicyclic amines) is 1. The molecule has 1 aliphatic heterocycles. The normalized spacial score (nSPS) is 18.5. The second kappa shape index (κ2) is 6.56. The number of hydrogen-bond acceptors (Lipinski definition) is 4. The molecule has 0 saturated carbocycles. The van der Waals surface area contributed by atoms with Gasteiger partial charge in [-0.05, 0) is 45.3 Å². The summed E-state index contributed by atoms with van der Waals surface area (Å²) in [5.41, 5.74) is 0.118. The summed E-state index contributed by atoms with van der Waals surface area (Å²) in [4.78, 5) is 6.30. The van der Waals surface area contributed by atoms with Gasteiger partial charge in [0.1, 0.15) is 0 Å². The monoisotopic (exact) mass is 298 g/mol. The van der Waals surface area contributed by atoms with Gasteiger partial charge >= 0.3 is 0 Å². The van der Waals surface area contributed by atoms with E-state index in [9.17, 15) is 8.78 Å². The van der Waals surface area contributed by atoms with Crippen molar-refractivity contribution in [1.82, 2.24) is 9.88 Å². The summed E-state index contributed by atoms with van der Waals surface area (Å²) in [6.45, 7) is 7.30. The Hall–Kier alpha value is -1.43. The lowest BCUT2D eigenvalue weighted by atomic mass is 9.80. The number of piperidine rings is 1. The van der Waals surface area contributed by atoms with E-state index < -0.39 is 11.6 Å². The molecule has 0 unspecified atom stereocenters. The lowest BCUT2D eigenvalue weighted by Crippen LogP contribution is -2.40. The molecule has 21 heavy (non-hydrogen) atoms. The number of pyridine rings is 1. The van der Waals surface area contributed by atoms with Gasteiger partial charge in [0, 0.05) is 19.2 Å². The van der Waals surface area contributed by atoms with Crippen molar-refractivity contribution in [2.75, 3.05) is 43.9 Å². The van der Waals surface area contributed by atoms with Crippen LogP contribution < -0.4 is 10.6 Å². The van der Waals surface area contributed by atoms with Crippen LogP contribution in [-0.2, 0) is 0 Å². The summed E-state index contributed by atoms with van der Waals surface area (Å²) in [5.74, 6) is -1.10. The van der Waals surface area contributed by atoms with Crippen molar-refractivity contribution in [2.24, 2.45) is 5.41 Å². The van der Waals surface area contributed by atoms with Crippen LogP contribution in [0.4, 0.5) is 20.4 Å². The van der Waals surface area contributed by atoms with Crippen LogP contribution in [0.25, 0.3) is 0 Å². The van der Waals surface area contributed by atoms with Crippen LogP contribution in [0.3, 0.4) is 0 Å². The Bertz CT molecular complexity index is 485. The van der Waals surface area contributed by atoms with Crippen molar-refractivity contribution in [3.8, 4) is 0 Å². The minimum atomic E-state index is -0.662. The van der Waals surface area contributed by atoms with Crippen LogP contribution in [0.2, 0.25) is 0 Å². The summed E-state index contributed by atoms with van der Waals surface area (Å²) in [7, 11) is 2.11. The lowest BCUT2D eigenvalue weighted by Gasteiger charge is -2.38. The first kappa shape index (κ1) is 15.9. The third kappa shape index (κ3) is 4.03. The summed E-state index contributed by atoms with van der Waals surface area (Å²) < 4.78 is 27.3. The van der Waals surface area contributed by atoms with E-state index >= 15 is 0 Å². The van der Waals surface area contributed by atoms with E-state index in [1.807, 2.05) is 6.92 Å². The first-order chi connectivity index (χ1) is 9.93. The Morgan fingerprint density at radius 2 is 1.76 bits per heavy atom. The molecule has 6 heteroatoms. The van der Waals surface area contributed by atoms with Crippen molar-refractivity contribution in [3.05, 3.63) is 17.7 Å². The maximum Gasteiger partial charge on any atom is 0.168 e. The van der Waals surface area contributed by atoms with Gasteiger partial charge in [0.05, 0.1) is 0 Å². The summed E-state index contributed by atoms with van der Waals surface area (Å²) in [5, 5.41) is 5.85. The molecule has 4 nitrogen and oxygen atoms in total. The fraction of sp³-hybridized carbons (Fsp3) is 0.667. The number of aromatic nitrogens is 1. The van der Waals surface area contributed by atoms with E-state index in [1.54, 1.807) is 0 Å². The number of anilines is 2. The fourth-order valence-electron chi connectivity index (χ4n) is 2.51. The van der Waals surface area contributed by atoms with Gasteiger partial charge in [-0.15, -0.1) is 0 Å². The van der Waals surface area contributed by atoms with Gasteiger partial charge in [-0.25, -0.2) is 13.8 Å². The lowest BCUT2D eigenvalue weighted by molar-refractivity contribution is 0.150. The van der Waals surface area contributed by atoms with Gasteiger partial charge < -0.3 is 15.5 Å². The molecule has 1 aliphatic rings. The Morgan fingerprint density at radius 1 is 1.19 bits per heavy atom. The molecule has 1 fully saturated rings. The molecule has 0 radical (unpaired) electrons.